The zero-order valence-electron chi connectivity index (χ0n) is 9.31. The summed E-state index contributed by atoms with van der Waals surface area (Å²) in [5, 5.41) is 1.12. The predicted octanol–water partition coefficient (Wildman–Crippen LogP) is 3.14. The maximum Gasteiger partial charge on any atom is 0.00934 e. The maximum atomic E-state index is 3.62. The Kier molecular flexibility index (Phi) is 3.82. The number of nitrogens with zero attached hydrogens (tertiary/aromatic N) is 1. The minimum Gasteiger partial charge on any atom is -0.303 e. The molecule has 78 valence electrons. The van der Waals surface area contributed by atoms with Crippen molar-refractivity contribution in [2.24, 2.45) is 11.3 Å². The first kappa shape index (κ1) is 11.5. The molecule has 1 aliphatic carbocycles. The predicted molar refractivity (Wildman–Crippen MR) is 62.4 cm³/mol. The van der Waals surface area contributed by atoms with Crippen molar-refractivity contribution >= 4 is 15.9 Å². The molecule has 0 heterocycles. The Labute approximate surface area is 91.0 Å². The lowest BCUT2D eigenvalue weighted by Gasteiger charge is -2.32. The van der Waals surface area contributed by atoms with Crippen LogP contribution in [0.25, 0.3) is 0 Å². The van der Waals surface area contributed by atoms with Gasteiger partial charge >= 0.3 is 0 Å². The fraction of sp³-hybridized carbons (Fsp3) is 1.00. The third-order valence-electron chi connectivity index (χ3n) is 3.09. The van der Waals surface area contributed by atoms with Crippen molar-refractivity contribution in [2.75, 3.05) is 18.9 Å². The van der Waals surface area contributed by atoms with E-state index in [0.717, 1.165) is 17.3 Å². The van der Waals surface area contributed by atoms with Gasteiger partial charge in [-0.3, -0.25) is 0 Å². The molecule has 1 nitrogen and oxygen atoms in total. The molecule has 0 bridgehead atoms. The highest BCUT2D eigenvalue weighted by Crippen LogP contribution is 2.32. The number of alkyl halides is 1. The van der Waals surface area contributed by atoms with Gasteiger partial charge in [-0.05, 0) is 31.2 Å². The summed E-state index contributed by atoms with van der Waals surface area (Å²) in [7, 11) is 2.26. The minimum absolute atomic E-state index is 0.423. The molecule has 2 heteroatoms. The molecule has 0 radical (unpaired) electrons. The van der Waals surface area contributed by atoms with E-state index in [0.29, 0.717) is 5.41 Å². The lowest BCUT2D eigenvalue weighted by atomic mass is 9.82. The molecule has 1 rings (SSSR count). The van der Waals surface area contributed by atoms with Gasteiger partial charge in [0.25, 0.3) is 0 Å². The summed E-state index contributed by atoms with van der Waals surface area (Å²) in [6.07, 6.45) is 2.82. The summed E-state index contributed by atoms with van der Waals surface area (Å²) in [5.41, 5.74) is 0.423. The topological polar surface area (TPSA) is 3.24 Å². The van der Waals surface area contributed by atoms with E-state index < -0.39 is 0 Å². The molecule has 1 atom stereocenters. The van der Waals surface area contributed by atoms with Crippen molar-refractivity contribution in [3.63, 3.8) is 0 Å². The largest absolute Gasteiger partial charge is 0.303 e. The Morgan fingerprint density at radius 1 is 1.38 bits per heavy atom. The van der Waals surface area contributed by atoms with Crippen molar-refractivity contribution in [2.45, 2.75) is 39.7 Å². The Balaban J connectivity index is 2.38. The molecular formula is C11H22BrN. The normalized spacial score (nSPS) is 20.8. The molecule has 0 aromatic heterocycles. The second-order valence-corrected chi connectivity index (χ2v) is 6.04. The van der Waals surface area contributed by atoms with Crippen LogP contribution in [0.3, 0.4) is 0 Å². The summed E-state index contributed by atoms with van der Waals surface area (Å²) < 4.78 is 0. The van der Waals surface area contributed by atoms with Gasteiger partial charge < -0.3 is 4.90 Å². The number of rotatable bonds is 4. The Morgan fingerprint density at radius 3 is 2.23 bits per heavy atom. The average molecular weight is 248 g/mol. The first-order valence-electron chi connectivity index (χ1n) is 5.21. The summed E-state index contributed by atoms with van der Waals surface area (Å²) >= 11 is 3.62. The van der Waals surface area contributed by atoms with E-state index in [4.69, 9.17) is 0 Å². The van der Waals surface area contributed by atoms with Crippen LogP contribution in [-0.2, 0) is 0 Å². The van der Waals surface area contributed by atoms with Crippen molar-refractivity contribution in [1.29, 1.82) is 0 Å². The molecule has 0 saturated heterocycles. The molecule has 0 N–H and O–H groups in total. The van der Waals surface area contributed by atoms with Crippen LogP contribution >= 0.6 is 15.9 Å². The highest BCUT2D eigenvalue weighted by molar-refractivity contribution is 9.09. The molecule has 1 unspecified atom stereocenters. The van der Waals surface area contributed by atoms with E-state index in [-0.39, 0.29) is 0 Å². The Bertz CT molecular complexity index is 158. The molecule has 0 aromatic rings. The quantitative estimate of drug-likeness (QED) is 0.691. The van der Waals surface area contributed by atoms with Gasteiger partial charge in [-0.2, -0.15) is 0 Å². The summed E-state index contributed by atoms with van der Waals surface area (Å²) in [6.45, 7) is 8.23. The van der Waals surface area contributed by atoms with Crippen LogP contribution in [0.4, 0.5) is 0 Å². The van der Waals surface area contributed by atoms with Crippen LogP contribution in [0, 0.1) is 11.3 Å². The second kappa shape index (κ2) is 4.31. The lowest BCUT2D eigenvalue weighted by molar-refractivity contribution is 0.183. The van der Waals surface area contributed by atoms with Crippen molar-refractivity contribution in [3.8, 4) is 0 Å². The zero-order valence-corrected chi connectivity index (χ0v) is 10.9. The van der Waals surface area contributed by atoms with Gasteiger partial charge in [-0.25, -0.2) is 0 Å². The number of hydrogen-bond donors (Lipinski definition) is 0. The van der Waals surface area contributed by atoms with E-state index >= 15 is 0 Å². The van der Waals surface area contributed by atoms with Crippen LogP contribution in [0.2, 0.25) is 0 Å². The molecule has 0 aliphatic heterocycles. The molecule has 1 saturated carbocycles. The van der Waals surface area contributed by atoms with Crippen LogP contribution in [0.15, 0.2) is 0 Å². The van der Waals surface area contributed by atoms with Gasteiger partial charge in [0.2, 0.25) is 0 Å². The van der Waals surface area contributed by atoms with E-state index in [1.807, 2.05) is 0 Å². The van der Waals surface area contributed by atoms with Crippen LogP contribution in [-0.4, -0.2) is 29.9 Å². The van der Waals surface area contributed by atoms with Gasteiger partial charge in [-0.1, -0.05) is 36.7 Å². The molecule has 0 aromatic carbocycles. The summed E-state index contributed by atoms with van der Waals surface area (Å²) in [5.74, 6) is 0.762. The third kappa shape index (κ3) is 3.59. The lowest BCUT2D eigenvalue weighted by Crippen LogP contribution is -2.35. The first-order valence-corrected chi connectivity index (χ1v) is 6.33. The molecule has 1 aliphatic rings. The summed E-state index contributed by atoms with van der Waals surface area (Å²) in [4.78, 5) is 2.52. The van der Waals surface area contributed by atoms with Crippen LogP contribution in [0.5, 0.6) is 0 Å². The van der Waals surface area contributed by atoms with Gasteiger partial charge in [-0.15, -0.1) is 0 Å². The van der Waals surface area contributed by atoms with Crippen molar-refractivity contribution in [3.05, 3.63) is 0 Å². The maximum absolute atomic E-state index is 3.62. The molecule has 0 spiro atoms. The standard InChI is InChI=1S/C11H22BrN/c1-11(2,3)9(7-12)8-13(4)10-5-6-10/h9-10H,5-8H2,1-4H3. The van der Waals surface area contributed by atoms with Crippen LogP contribution < -0.4 is 0 Å². The Morgan fingerprint density at radius 2 is 1.92 bits per heavy atom. The molecular weight excluding hydrogens is 226 g/mol. The smallest absolute Gasteiger partial charge is 0.00934 e. The third-order valence-corrected chi connectivity index (χ3v) is 3.87. The fourth-order valence-corrected chi connectivity index (χ4v) is 2.74. The molecule has 13 heavy (non-hydrogen) atoms. The van der Waals surface area contributed by atoms with Gasteiger partial charge in [0.1, 0.15) is 0 Å². The second-order valence-electron chi connectivity index (χ2n) is 5.39. The van der Waals surface area contributed by atoms with Gasteiger partial charge in [0.15, 0.2) is 0 Å². The molecule has 0 amide bonds. The number of hydrogen-bond acceptors (Lipinski definition) is 1. The monoisotopic (exact) mass is 247 g/mol. The first-order chi connectivity index (χ1) is 5.95. The zero-order chi connectivity index (χ0) is 10.1. The average Bonchev–Trinajstić information content (AvgIpc) is 2.78. The van der Waals surface area contributed by atoms with Gasteiger partial charge in [0.05, 0.1) is 0 Å². The molecule has 1 fully saturated rings. The Hall–Kier alpha value is 0.440. The van der Waals surface area contributed by atoms with Gasteiger partial charge in [0, 0.05) is 17.9 Å². The minimum atomic E-state index is 0.423. The highest BCUT2D eigenvalue weighted by atomic mass is 79.9. The van der Waals surface area contributed by atoms with E-state index in [2.05, 4.69) is 48.6 Å². The van der Waals surface area contributed by atoms with E-state index in [1.165, 1.54) is 19.4 Å². The van der Waals surface area contributed by atoms with E-state index in [1.54, 1.807) is 0 Å². The SMILES string of the molecule is CN(CC(CBr)C(C)(C)C)C1CC1. The fourth-order valence-electron chi connectivity index (χ4n) is 1.57. The van der Waals surface area contributed by atoms with Crippen molar-refractivity contribution < 1.29 is 0 Å². The summed E-state index contributed by atoms with van der Waals surface area (Å²) in [6, 6.07) is 0.892. The van der Waals surface area contributed by atoms with Crippen LogP contribution in [0.1, 0.15) is 33.6 Å². The highest BCUT2D eigenvalue weighted by Gasteiger charge is 2.31. The van der Waals surface area contributed by atoms with E-state index in [9.17, 15) is 0 Å². The van der Waals surface area contributed by atoms with Crippen molar-refractivity contribution in [1.82, 2.24) is 4.90 Å². The number of halogens is 1.